The van der Waals surface area contributed by atoms with Crippen LogP contribution in [0, 0.1) is 5.92 Å². The minimum Gasteiger partial charge on any atom is -0.508 e. The highest BCUT2D eigenvalue weighted by molar-refractivity contribution is 5.91. The van der Waals surface area contributed by atoms with Gasteiger partial charge in [-0.2, -0.15) is 0 Å². The molecule has 1 aliphatic carbocycles. The lowest BCUT2D eigenvalue weighted by molar-refractivity contribution is -0.141. The van der Waals surface area contributed by atoms with Gasteiger partial charge in [0.2, 0.25) is 11.8 Å². The lowest BCUT2D eigenvalue weighted by Crippen LogP contribution is -2.50. The molecule has 3 atom stereocenters. The van der Waals surface area contributed by atoms with Crippen molar-refractivity contribution in [2.75, 3.05) is 6.54 Å². The van der Waals surface area contributed by atoms with Crippen molar-refractivity contribution in [3.05, 3.63) is 29.8 Å². The van der Waals surface area contributed by atoms with Crippen LogP contribution in [0.3, 0.4) is 0 Å². The fourth-order valence-electron chi connectivity index (χ4n) is 3.26. The molecule has 30 heavy (non-hydrogen) atoms. The number of ether oxygens (including phenoxy) is 1. The van der Waals surface area contributed by atoms with Gasteiger partial charge in [-0.15, -0.1) is 0 Å². The zero-order valence-electron chi connectivity index (χ0n) is 18.6. The van der Waals surface area contributed by atoms with Crippen molar-refractivity contribution in [3.63, 3.8) is 0 Å². The second-order valence-corrected chi connectivity index (χ2v) is 9.06. The highest BCUT2D eigenvalue weighted by Gasteiger charge is 2.46. The average Bonchev–Trinajstić information content (AvgIpc) is 3.32. The summed E-state index contributed by atoms with van der Waals surface area (Å²) in [5.41, 5.74) is -0.340. The number of aromatic hydroxyl groups is 1. The number of carbonyl (C=O) groups excluding carboxylic acids is 3. The summed E-state index contributed by atoms with van der Waals surface area (Å²) in [4.78, 5) is 39.7. The summed E-state index contributed by atoms with van der Waals surface area (Å²) in [6.45, 7) is 10.5. The maximum atomic E-state index is 13.2. The third-order valence-electron chi connectivity index (χ3n) is 4.68. The van der Waals surface area contributed by atoms with E-state index < -0.39 is 23.6 Å². The van der Waals surface area contributed by atoms with Crippen LogP contribution in [0.4, 0.5) is 4.79 Å². The van der Waals surface area contributed by atoms with E-state index >= 15 is 0 Å². The predicted molar refractivity (Wildman–Crippen MR) is 113 cm³/mol. The van der Waals surface area contributed by atoms with Crippen molar-refractivity contribution in [2.24, 2.45) is 5.92 Å². The molecule has 0 aliphatic heterocycles. The minimum atomic E-state index is -1.00. The quantitative estimate of drug-likeness (QED) is 0.630. The first kappa shape index (κ1) is 23.5. The normalized spacial score (nSPS) is 19.0. The fourth-order valence-corrected chi connectivity index (χ4v) is 3.26. The van der Waals surface area contributed by atoms with Crippen LogP contribution in [0.5, 0.6) is 5.75 Å². The van der Waals surface area contributed by atoms with E-state index in [0.29, 0.717) is 5.56 Å². The first-order chi connectivity index (χ1) is 13.9. The van der Waals surface area contributed by atoms with Gasteiger partial charge >= 0.3 is 6.09 Å². The van der Waals surface area contributed by atoms with Gasteiger partial charge in [0, 0.05) is 17.6 Å². The number of nitrogens with one attached hydrogen (secondary N) is 2. The molecule has 1 aliphatic rings. The highest BCUT2D eigenvalue weighted by Crippen LogP contribution is 2.41. The highest BCUT2D eigenvalue weighted by atomic mass is 16.6. The van der Waals surface area contributed by atoms with E-state index in [0.717, 1.165) is 6.42 Å². The summed E-state index contributed by atoms with van der Waals surface area (Å²) in [6.07, 6.45) is 0.0439. The number of phenolic OH excluding ortho intramolecular Hbond substituents is 1. The van der Waals surface area contributed by atoms with Gasteiger partial charge < -0.3 is 25.4 Å². The van der Waals surface area contributed by atoms with Crippen molar-refractivity contribution in [1.82, 2.24) is 15.5 Å². The molecule has 1 aromatic carbocycles. The lowest BCUT2D eigenvalue weighted by atomic mass is 10.0. The molecule has 166 valence electrons. The minimum absolute atomic E-state index is 0.0624. The van der Waals surface area contributed by atoms with Gasteiger partial charge in [0.1, 0.15) is 23.9 Å². The monoisotopic (exact) mass is 419 g/mol. The van der Waals surface area contributed by atoms with Crippen molar-refractivity contribution < 1.29 is 24.2 Å². The molecule has 0 bridgehead atoms. The summed E-state index contributed by atoms with van der Waals surface area (Å²) in [5, 5.41) is 15.7. The Morgan fingerprint density at radius 1 is 1.23 bits per heavy atom. The van der Waals surface area contributed by atoms with E-state index in [1.54, 1.807) is 39.0 Å². The van der Waals surface area contributed by atoms with Gasteiger partial charge in [-0.05, 0) is 53.0 Å². The molecule has 0 aromatic heterocycles. The maximum Gasteiger partial charge on any atom is 0.408 e. The fraction of sp³-hybridized carbons (Fsp3) is 0.591. The van der Waals surface area contributed by atoms with Crippen LogP contribution in [0.15, 0.2) is 24.3 Å². The summed E-state index contributed by atoms with van der Waals surface area (Å²) < 4.78 is 5.19. The molecule has 1 aromatic rings. The third kappa shape index (κ3) is 6.37. The summed E-state index contributed by atoms with van der Waals surface area (Å²) >= 11 is 0. The third-order valence-corrected chi connectivity index (χ3v) is 4.68. The predicted octanol–water partition coefficient (Wildman–Crippen LogP) is 2.72. The zero-order valence-corrected chi connectivity index (χ0v) is 18.6. The van der Waals surface area contributed by atoms with Crippen LogP contribution in [0.1, 0.15) is 59.6 Å². The molecule has 0 saturated heterocycles. The Morgan fingerprint density at radius 3 is 2.33 bits per heavy atom. The molecule has 2 rings (SSSR count). The van der Waals surface area contributed by atoms with Gasteiger partial charge in [-0.1, -0.05) is 25.1 Å². The number of carbonyl (C=O) groups is 3. The summed E-state index contributed by atoms with van der Waals surface area (Å²) in [7, 11) is 0. The number of rotatable bonds is 7. The van der Waals surface area contributed by atoms with Crippen LogP contribution in [-0.4, -0.2) is 52.1 Å². The van der Waals surface area contributed by atoms with Crippen LogP contribution in [-0.2, 0) is 14.3 Å². The van der Waals surface area contributed by atoms with Crippen molar-refractivity contribution >= 4 is 17.9 Å². The molecular weight excluding hydrogens is 386 g/mol. The number of benzene rings is 1. The van der Waals surface area contributed by atoms with E-state index in [-0.39, 0.29) is 36.2 Å². The van der Waals surface area contributed by atoms with E-state index in [9.17, 15) is 19.5 Å². The number of amides is 3. The smallest absolute Gasteiger partial charge is 0.408 e. The Morgan fingerprint density at radius 2 is 1.83 bits per heavy atom. The Hall–Kier alpha value is -2.77. The molecule has 8 nitrogen and oxygen atoms in total. The Balaban J connectivity index is 2.30. The van der Waals surface area contributed by atoms with Crippen molar-refractivity contribution in [3.8, 4) is 5.75 Å². The van der Waals surface area contributed by atoms with E-state index in [4.69, 9.17) is 4.74 Å². The van der Waals surface area contributed by atoms with Gasteiger partial charge in [0.15, 0.2) is 0 Å². The number of para-hydroxylation sites is 1. The molecule has 0 heterocycles. The molecule has 8 heteroatoms. The van der Waals surface area contributed by atoms with E-state index in [1.165, 1.54) is 11.0 Å². The number of phenols is 1. The van der Waals surface area contributed by atoms with Gasteiger partial charge in [0.25, 0.3) is 0 Å². The first-order valence-electron chi connectivity index (χ1n) is 10.3. The maximum absolute atomic E-state index is 13.2. The summed E-state index contributed by atoms with van der Waals surface area (Å²) in [5.74, 6) is -0.637. The zero-order chi connectivity index (χ0) is 22.6. The molecule has 3 unspecified atom stereocenters. The molecule has 3 amide bonds. The molecular formula is C22H33N3O5. The van der Waals surface area contributed by atoms with Gasteiger partial charge in [0.05, 0.1) is 0 Å². The van der Waals surface area contributed by atoms with Crippen LogP contribution >= 0.6 is 0 Å². The Labute approximate surface area is 178 Å². The number of hydrogen-bond donors (Lipinski definition) is 3. The second kappa shape index (κ2) is 9.36. The average molecular weight is 420 g/mol. The number of nitrogens with zero attached hydrogens (tertiary/aromatic N) is 1. The van der Waals surface area contributed by atoms with Crippen molar-refractivity contribution in [1.29, 1.82) is 0 Å². The standard InChI is InChI=1S/C22H33N3O5/c1-13(2)24-20(28)19(15-9-7-8-10-17(15)26)25(16-11-14(16)3)18(27)12-23-21(29)30-22(4,5)6/h7-10,13-14,16,19,26H,11-12H2,1-6H3,(H,23,29)(H,24,28). The van der Waals surface area contributed by atoms with Crippen molar-refractivity contribution in [2.45, 2.75) is 71.7 Å². The molecule has 0 spiro atoms. The molecule has 0 radical (unpaired) electrons. The van der Waals surface area contributed by atoms with E-state index in [1.807, 2.05) is 20.8 Å². The van der Waals surface area contributed by atoms with Crippen LogP contribution in [0.25, 0.3) is 0 Å². The van der Waals surface area contributed by atoms with E-state index in [2.05, 4.69) is 10.6 Å². The van der Waals surface area contributed by atoms with Crippen LogP contribution < -0.4 is 10.6 Å². The molecule has 1 saturated carbocycles. The largest absolute Gasteiger partial charge is 0.508 e. The number of alkyl carbamates (subject to hydrolysis) is 1. The molecule has 3 N–H and O–H groups in total. The Bertz CT molecular complexity index is 787. The topological polar surface area (TPSA) is 108 Å². The van der Waals surface area contributed by atoms with Gasteiger partial charge in [-0.3, -0.25) is 9.59 Å². The molecule has 1 fully saturated rings. The number of hydrogen-bond acceptors (Lipinski definition) is 5. The van der Waals surface area contributed by atoms with Gasteiger partial charge in [-0.25, -0.2) is 4.79 Å². The first-order valence-corrected chi connectivity index (χ1v) is 10.3. The second-order valence-electron chi connectivity index (χ2n) is 9.06. The van der Waals surface area contributed by atoms with Crippen LogP contribution in [0.2, 0.25) is 0 Å². The SMILES string of the molecule is CC(C)NC(=O)C(c1ccccc1O)N(C(=O)CNC(=O)OC(C)(C)C)C1CC1C. The Kier molecular flexibility index (Phi) is 7.34. The summed E-state index contributed by atoms with van der Waals surface area (Å²) in [6, 6.07) is 5.20. The lowest BCUT2D eigenvalue weighted by Gasteiger charge is -2.33.